The van der Waals surface area contributed by atoms with Gasteiger partial charge in [0, 0.05) is 17.9 Å². The van der Waals surface area contributed by atoms with Crippen LogP contribution in [-0.4, -0.2) is 46.7 Å². The summed E-state index contributed by atoms with van der Waals surface area (Å²) in [6, 6.07) is 0.440. The standard InChI is InChI=1S/C27H41NO3/c1-14-11-21-24(28-13-14)16(3)27(31-21)10-8-19-20-6-5-17-12-18(29)7-9-26(17,4)23(20)25(30)22(19)15(27)2/h5,14,16,18-21,23-25,28-30H,6-13H2,1-4H3. The maximum Gasteiger partial charge on any atom is 0.0938 e. The van der Waals surface area contributed by atoms with E-state index in [1.54, 1.807) is 0 Å². The molecule has 6 rings (SSSR count). The van der Waals surface area contributed by atoms with Gasteiger partial charge >= 0.3 is 0 Å². The summed E-state index contributed by atoms with van der Waals surface area (Å²) < 4.78 is 6.97. The van der Waals surface area contributed by atoms with E-state index in [0.29, 0.717) is 41.7 Å². The van der Waals surface area contributed by atoms with Crippen LogP contribution in [0.25, 0.3) is 0 Å². The molecule has 2 saturated carbocycles. The highest BCUT2D eigenvalue weighted by Crippen LogP contribution is 2.65. The van der Waals surface area contributed by atoms with Crippen molar-refractivity contribution in [2.45, 2.75) is 103 Å². The molecule has 4 heteroatoms. The molecule has 172 valence electrons. The van der Waals surface area contributed by atoms with Gasteiger partial charge in [0.25, 0.3) is 0 Å². The zero-order chi connectivity index (χ0) is 21.7. The smallest absolute Gasteiger partial charge is 0.0938 e. The van der Waals surface area contributed by atoms with Gasteiger partial charge in [-0.25, -0.2) is 0 Å². The monoisotopic (exact) mass is 427 g/mol. The highest BCUT2D eigenvalue weighted by atomic mass is 16.5. The molecule has 31 heavy (non-hydrogen) atoms. The molecule has 6 aliphatic rings. The van der Waals surface area contributed by atoms with E-state index >= 15 is 0 Å². The first-order chi connectivity index (χ1) is 14.8. The molecule has 0 aromatic rings. The number of fused-ring (bicyclic) bond motifs is 6. The van der Waals surface area contributed by atoms with Crippen molar-refractivity contribution in [3.05, 3.63) is 22.8 Å². The summed E-state index contributed by atoms with van der Waals surface area (Å²) >= 11 is 0. The lowest BCUT2D eigenvalue weighted by Crippen LogP contribution is -2.49. The molecule has 2 aliphatic heterocycles. The lowest BCUT2D eigenvalue weighted by Gasteiger charge is -2.49. The fraction of sp³-hybridized carbons (Fsp3) is 0.852. The molecule has 0 aromatic carbocycles. The molecular weight excluding hydrogens is 386 g/mol. The minimum Gasteiger partial charge on any atom is -0.393 e. The van der Waals surface area contributed by atoms with Crippen LogP contribution in [0.3, 0.4) is 0 Å². The van der Waals surface area contributed by atoms with Crippen molar-refractivity contribution in [1.82, 2.24) is 5.32 Å². The summed E-state index contributed by atoms with van der Waals surface area (Å²) in [4.78, 5) is 0. The third-order valence-corrected chi connectivity index (χ3v) is 10.9. The summed E-state index contributed by atoms with van der Waals surface area (Å²) in [6.07, 6.45) is 9.30. The molecular formula is C27H41NO3. The van der Waals surface area contributed by atoms with Gasteiger partial charge < -0.3 is 20.3 Å². The van der Waals surface area contributed by atoms with Gasteiger partial charge in [-0.1, -0.05) is 32.4 Å². The van der Waals surface area contributed by atoms with E-state index in [1.165, 1.54) is 16.7 Å². The second kappa shape index (κ2) is 6.91. The molecule has 2 saturated heterocycles. The predicted octanol–water partition coefficient (Wildman–Crippen LogP) is 3.97. The largest absolute Gasteiger partial charge is 0.393 e. The van der Waals surface area contributed by atoms with Crippen LogP contribution in [0.1, 0.15) is 72.6 Å². The number of nitrogens with one attached hydrogen (secondary N) is 1. The second-order valence-corrected chi connectivity index (χ2v) is 12.2. The van der Waals surface area contributed by atoms with Gasteiger partial charge in [-0.05, 0) is 92.7 Å². The van der Waals surface area contributed by atoms with Crippen LogP contribution in [0.2, 0.25) is 0 Å². The molecule has 0 amide bonds. The van der Waals surface area contributed by atoms with Crippen molar-refractivity contribution in [2.24, 2.45) is 35.0 Å². The van der Waals surface area contributed by atoms with Crippen LogP contribution in [-0.2, 0) is 4.74 Å². The predicted molar refractivity (Wildman–Crippen MR) is 121 cm³/mol. The minimum atomic E-state index is -0.360. The Bertz CT molecular complexity index is 834. The van der Waals surface area contributed by atoms with Crippen LogP contribution in [0, 0.1) is 35.0 Å². The van der Waals surface area contributed by atoms with Gasteiger partial charge in [-0.2, -0.15) is 0 Å². The molecule has 4 aliphatic carbocycles. The average molecular weight is 428 g/mol. The maximum absolute atomic E-state index is 11.9. The van der Waals surface area contributed by atoms with Gasteiger partial charge in [0.2, 0.25) is 0 Å². The summed E-state index contributed by atoms with van der Waals surface area (Å²) in [7, 11) is 0. The fourth-order valence-corrected chi connectivity index (χ4v) is 9.22. The van der Waals surface area contributed by atoms with Crippen molar-refractivity contribution in [3.8, 4) is 0 Å². The molecule has 1 spiro atoms. The number of allylic oxidation sites excluding steroid dienone is 1. The first-order valence-electron chi connectivity index (χ1n) is 12.9. The highest BCUT2D eigenvalue weighted by molar-refractivity contribution is 5.41. The number of piperidine rings is 1. The Kier molecular flexibility index (Phi) is 4.66. The van der Waals surface area contributed by atoms with Crippen LogP contribution in [0.5, 0.6) is 0 Å². The Morgan fingerprint density at radius 1 is 1.16 bits per heavy atom. The summed E-state index contributed by atoms with van der Waals surface area (Å²) in [5, 5.41) is 25.9. The van der Waals surface area contributed by atoms with Gasteiger partial charge in [0.1, 0.15) is 0 Å². The number of ether oxygens (including phenoxy) is 1. The number of aliphatic hydroxyl groups excluding tert-OH is 2. The molecule has 0 aromatic heterocycles. The van der Waals surface area contributed by atoms with E-state index in [9.17, 15) is 10.2 Å². The molecule has 3 N–H and O–H groups in total. The zero-order valence-electron chi connectivity index (χ0n) is 19.7. The van der Waals surface area contributed by atoms with Gasteiger partial charge in [-0.3, -0.25) is 0 Å². The second-order valence-electron chi connectivity index (χ2n) is 12.2. The Morgan fingerprint density at radius 2 is 1.97 bits per heavy atom. The van der Waals surface area contributed by atoms with Gasteiger partial charge in [0.05, 0.1) is 23.9 Å². The zero-order valence-corrected chi connectivity index (χ0v) is 19.7. The Balaban J connectivity index is 1.38. The lowest BCUT2D eigenvalue weighted by atomic mass is 9.56. The number of hydrogen-bond acceptors (Lipinski definition) is 4. The molecule has 11 unspecified atom stereocenters. The summed E-state index contributed by atoms with van der Waals surface area (Å²) in [5.41, 5.74) is 3.94. The quantitative estimate of drug-likeness (QED) is 0.512. The van der Waals surface area contributed by atoms with E-state index in [1.807, 2.05) is 0 Å². The molecule has 0 radical (unpaired) electrons. The van der Waals surface area contributed by atoms with Crippen molar-refractivity contribution in [1.29, 1.82) is 0 Å². The van der Waals surface area contributed by atoms with E-state index in [-0.39, 0.29) is 23.2 Å². The van der Waals surface area contributed by atoms with E-state index in [4.69, 9.17) is 4.74 Å². The lowest BCUT2D eigenvalue weighted by molar-refractivity contribution is -0.0552. The minimum absolute atomic E-state index is 0.0342. The number of rotatable bonds is 0. The van der Waals surface area contributed by atoms with Gasteiger partial charge in [0.15, 0.2) is 0 Å². The van der Waals surface area contributed by atoms with Gasteiger partial charge in [-0.15, -0.1) is 0 Å². The first-order valence-corrected chi connectivity index (χ1v) is 12.9. The van der Waals surface area contributed by atoms with Crippen LogP contribution >= 0.6 is 0 Å². The van der Waals surface area contributed by atoms with Crippen LogP contribution in [0.4, 0.5) is 0 Å². The molecule has 11 atom stereocenters. The maximum atomic E-state index is 11.9. The van der Waals surface area contributed by atoms with Crippen LogP contribution in [0.15, 0.2) is 22.8 Å². The normalized spacial score (nSPS) is 56.1. The van der Waals surface area contributed by atoms with Crippen molar-refractivity contribution in [3.63, 3.8) is 0 Å². The van der Waals surface area contributed by atoms with E-state index in [0.717, 1.165) is 51.5 Å². The average Bonchev–Trinajstić information content (AvgIpc) is 3.18. The van der Waals surface area contributed by atoms with Crippen molar-refractivity contribution < 1.29 is 14.9 Å². The Labute approximate surface area is 187 Å². The van der Waals surface area contributed by atoms with E-state index < -0.39 is 0 Å². The third-order valence-electron chi connectivity index (χ3n) is 10.9. The topological polar surface area (TPSA) is 61.7 Å². The molecule has 2 heterocycles. The number of aliphatic hydroxyl groups is 2. The van der Waals surface area contributed by atoms with Crippen LogP contribution < -0.4 is 5.32 Å². The molecule has 0 bridgehead atoms. The summed E-state index contributed by atoms with van der Waals surface area (Å²) in [5.74, 6) is 2.44. The van der Waals surface area contributed by atoms with Crippen molar-refractivity contribution >= 4 is 0 Å². The summed E-state index contributed by atoms with van der Waals surface area (Å²) in [6.45, 7) is 10.5. The molecule has 4 fully saturated rings. The first kappa shape index (κ1) is 20.9. The number of hydrogen-bond donors (Lipinski definition) is 3. The Hall–Kier alpha value is -0.680. The molecule has 4 nitrogen and oxygen atoms in total. The SMILES string of the molecule is CC1=C2C(O)C3C(CC=C4CC(O)CCC43C)C2CCC12OC1CC(C)CNC1C2C. The highest BCUT2D eigenvalue weighted by Gasteiger charge is 2.63. The fourth-order valence-electron chi connectivity index (χ4n) is 9.22. The Morgan fingerprint density at radius 3 is 2.77 bits per heavy atom. The van der Waals surface area contributed by atoms with E-state index in [2.05, 4.69) is 39.1 Å². The van der Waals surface area contributed by atoms with Crippen molar-refractivity contribution in [2.75, 3.05) is 6.54 Å². The third kappa shape index (κ3) is 2.68.